The van der Waals surface area contributed by atoms with Crippen molar-refractivity contribution in [3.05, 3.63) is 59.4 Å². The maximum atomic E-state index is 12.3. The van der Waals surface area contributed by atoms with E-state index in [1.165, 1.54) is 11.8 Å². The molecular weight excluding hydrogens is 382 g/mol. The zero-order valence-corrected chi connectivity index (χ0v) is 16.7. The van der Waals surface area contributed by atoms with Gasteiger partial charge in [-0.3, -0.25) is 9.78 Å². The lowest BCUT2D eigenvalue weighted by molar-refractivity contribution is -0.119. The lowest BCUT2D eigenvalue weighted by Gasteiger charge is -2.15. The van der Waals surface area contributed by atoms with E-state index in [0.29, 0.717) is 16.7 Å². The molecule has 1 amide bonds. The lowest BCUT2D eigenvalue weighted by atomic mass is 10.1. The van der Waals surface area contributed by atoms with Gasteiger partial charge in [-0.15, -0.1) is 10.2 Å². The topological polar surface area (TPSA) is 72.7 Å². The molecule has 2 aromatic heterocycles. The molecule has 8 heteroatoms. The zero-order valence-electron chi connectivity index (χ0n) is 15.1. The van der Waals surface area contributed by atoms with Crippen LogP contribution in [0.1, 0.15) is 25.5 Å². The van der Waals surface area contributed by atoms with Crippen molar-refractivity contribution in [2.75, 3.05) is 5.75 Å². The number of pyridine rings is 1. The summed E-state index contributed by atoms with van der Waals surface area (Å²) in [4.78, 5) is 16.4. The van der Waals surface area contributed by atoms with Gasteiger partial charge in [0.2, 0.25) is 5.91 Å². The van der Waals surface area contributed by atoms with Crippen molar-refractivity contribution in [3.8, 4) is 11.4 Å². The van der Waals surface area contributed by atoms with Crippen LogP contribution in [-0.4, -0.2) is 31.4 Å². The lowest BCUT2D eigenvalue weighted by Crippen LogP contribution is -2.28. The molecule has 2 heterocycles. The van der Waals surface area contributed by atoms with E-state index in [0.717, 1.165) is 17.0 Å². The molecule has 0 aliphatic carbocycles. The fourth-order valence-corrected chi connectivity index (χ4v) is 3.83. The highest BCUT2D eigenvalue weighted by Gasteiger charge is 2.16. The molecule has 0 aliphatic heterocycles. The van der Waals surface area contributed by atoms with Crippen molar-refractivity contribution < 1.29 is 4.79 Å². The minimum Gasteiger partial charge on any atom is -0.349 e. The molecule has 0 bridgehead atoms. The number of aromatic nitrogens is 4. The molecule has 0 saturated heterocycles. The van der Waals surface area contributed by atoms with Gasteiger partial charge in [0.05, 0.1) is 11.8 Å². The van der Waals surface area contributed by atoms with Gasteiger partial charge in [0.1, 0.15) is 0 Å². The highest BCUT2D eigenvalue weighted by atomic mass is 35.5. The molecule has 6 nitrogen and oxygen atoms in total. The summed E-state index contributed by atoms with van der Waals surface area (Å²) in [6.45, 7) is 4.65. The van der Waals surface area contributed by atoms with Gasteiger partial charge in [0.25, 0.3) is 0 Å². The number of nitrogens with zero attached hydrogens (tertiary/aromatic N) is 4. The summed E-state index contributed by atoms with van der Waals surface area (Å²) in [6.07, 6.45) is 3.45. The molecule has 3 aromatic rings. The number of hydrogen-bond acceptors (Lipinski definition) is 5. The maximum absolute atomic E-state index is 12.3. The number of amides is 1. The molecule has 3 rings (SSSR count). The molecule has 1 N–H and O–H groups in total. The van der Waals surface area contributed by atoms with Gasteiger partial charge >= 0.3 is 0 Å². The van der Waals surface area contributed by atoms with E-state index in [1.54, 1.807) is 12.4 Å². The molecule has 0 spiro atoms. The summed E-state index contributed by atoms with van der Waals surface area (Å²) in [5.41, 5.74) is 1.84. The Morgan fingerprint density at radius 1 is 1.22 bits per heavy atom. The van der Waals surface area contributed by atoms with Crippen molar-refractivity contribution in [3.63, 3.8) is 0 Å². The number of rotatable bonds is 7. The summed E-state index contributed by atoms with van der Waals surface area (Å²) >= 11 is 7.56. The monoisotopic (exact) mass is 401 g/mol. The number of carbonyl (C=O) groups is 1. The summed E-state index contributed by atoms with van der Waals surface area (Å²) < 4.78 is 1.99. The first-order valence-corrected chi connectivity index (χ1v) is 9.96. The SMILES string of the molecule is CCn1c(SCC(=O)N[C@@H](C)c2ccccc2Cl)nnc1-c1ccncc1. The van der Waals surface area contributed by atoms with E-state index in [9.17, 15) is 4.79 Å². The van der Waals surface area contributed by atoms with Gasteiger partial charge in [0, 0.05) is 29.5 Å². The Hall–Kier alpha value is -2.38. The first-order chi connectivity index (χ1) is 13.1. The summed E-state index contributed by atoms with van der Waals surface area (Å²) in [5.74, 6) is 0.944. The third kappa shape index (κ3) is 4.67. The molecule has 1 atom stereocenters. The fourth-order valence-electron chi connectivity index (χ4n) is 2.71. The van der Waals surface area contributed by atoms with Crippen LogP contribution in [0.25, 0.3) is 11.4 Å². The molecule has 0 radical (unpaired) electrons. The second-order valence-electron chi connectivity index (χ2n) is 5.89. The van der Waals surface area contributed by atoms with Crippen LogP contribution in [0.3, 0.4) is 0 Å². The van der Waals surface area contributed by atoms with Crippen molar-refractivity contribution in [2.24, 2.45) is 0 Å². The van der Waals surface area contributed by atoms with E-state index in [4.69, 9.17) is 11.6 Å². The third-order valence-corrected chi connectivity index (χ3v) is 5.36. The van der Waals surface area contributed by atoms with Gasteiger partial charge in [-0.2, -0.15) is 0 Å². The second-order valence-corrected chi connectivity index (χ2v) is 7.24. The van der Waals surface area contributed by atoms with Gasteiger partial charge in [-0.25, -0.2) is 0 Å². The number of benzene rings is 1. The predicted octanol–water partition coefficient (Wildman–Crippen LogP) is 3.98. The van der Waals surface area contributed by atoms with Crippen molar-refractivity contribution in [1.29, 1.82) is 0 Å². The second kappa shape index (κ2) is 9.01. The molecule has 1 aromatic carbocycles. The van der Waals surface area contributed by atoms with E-state index in [2.05, 4.69) is 20.5 Å². The average Bonchev–Trinajstić information content (AvgIpc) is 3.10. The van der Waals surface area contributed by atoms with Crippen LogP contribution in [0.4, 0.5) is 0 Å². The number of nitrogens with one attached hydrogen (secondary N) is 1. The first-order valence-electron chi connectivity index (χ1n) is 8.60. The van der Waals surface area contributed by atoms with E-state index >= 15 is 0 Å². The Bertz CT molecular complexity index is 915. The largest absolute Gasteiger partial charge is 0.349 e. The van der Waals surface area contributed by atoms with E-state index in [-0.39, 0.29) is 17.7 Å². The molecule has 27 heavy (non-hydrogen) atoms. The highest BCUT2D eigenvalue weighted by molar-refractivity contribution is 7.99. The van der Waals surface area contributed by atoms with Gasteiger partial charge in [-0.05, 0) is 37.6 Å². The summed E-state index contributed by atoms with van der Waals surface area (Å²) in [5, 5.41) is 12.8. The van der Waals surface area contributed by atoms with E-state index in [1.807, 2.05) is 54.8 Å². The Morgan fingerprint density at radius 3 is 2.67 bits per heavy atom. The standard InChI is InChI=1S/C19H20ClN5OS/c1-3-25-18(14-8-10-21-11-9-14)23-24-19(25)27-12-17(26)22-13(2)15-6-4-5-7-16(15)20/h4-11,13H,3,12H2,1-2H3,(H,22,26)/t13-/m0/s1. The van der Waals surface area contributed by atoms with Crippen molar-refractivity contribution in [1.82, 2.24) is 25.1 Å². The van der Waals surface area contributed by atoms with Crippen LogP contribution in [0.2, 0.25) is 5.02 Å². The van der Waals surface area contributed by atoms with Crippen LogP contribution in [0.15, 0.2) is 53.9 Å². The Morgan fingerprint density at radius 2 is 1.96 bits per heavy atom. The smallest absolute Gasteiger partial charge is 0.230 e. The zero-order chi connectivity index (χ0) is 19.2. The van der Waals surface area contributed by atoms with Crippen molar-refractivity contribution >= 4 is 29.3 Å². The van der Waals surface area contributed by atoms with Gasteiger partial charge in [-0.1, -0.05) is 41.6 Å². The fraction of sp³-hybridized carbons (Fsp3) is 0.263. The number of carbonyl (C=O) groups excluding carboxylic acids is 1. The van der Waals surface area contributed by atoms with Crippen molar-refractivity contribution in [2.45, 2.75) is 31.6 Å². The van der Waals surface area contributed by atoms with Crippen LogP contribution in [0.5, 0.6) is 0 Å². The first kappa shape index (κ1) is 19.4. The predicted molar refractivity (Wildman–Crippen MR) is 108 cm³/mol. The molecule has 0 saturated carbocycles. The van der Waals surface area contributed by atoms with Crippen LogP contribution in [-0.2, 0) is 11.3 Å². The molecule has 0 unspecified atom stereocenters. The van der Waals surface area contributed by atoms with Gasteiger partial charge in [0.15, 0.2) is 11.0 Å². The van der Waals surface area contributed by atoms with Gasteiger partial charge < -0.3 is 9.88 Å². The molecular formula is C19H20ClN5OS. The number of hydrogen-bond donors (Lipinski definition) is 1. The quantitative estimate of drug-likeness (QED) is 0.606. The average molecular weight is 402 g/mol. The normalized spacial score (nSPS) is 12.0. The van der Waals surface area contributed by atoms with Crippen LogP contribution >= 0.6 is 23.4 Å². The van der Waals surface area contributed by atoms with Crippen LogP contribution in [0, 0.1) is 0 Å². The highest BCUT2D eigenvalue weighted by Crippen LogP contribution is 2.25. The number of thioether (sulfide) groups is 1. The Balaban J connectivity index is 1.64. The van der Waals surface area contributed by atoms with E-state index < -0.39 is 0 Å². The summed E-state index contributed by atoms with van der Waals surface area (Å²) in [7, 11) is 0. The maximum Gasteiger partial charge on any atom is 0.230 e. The molecule has 140 valence electrons. The third-order valence-electron chi connectivity index (χ3n) is 4.05. The number of halogens is 1. The Labute approximate surface area is 167 Å². The molecule has 0 fully saturated rings. The minimum absolute atomic E-state index is 0.0801. The minimum atomic E-state index is -0.164. The van der Waals surface area contributed by atoms with Crippen LogP contribution < -0.4 is 5.32 Å². The Kier molecular flexibility index (Phi) is 6.47. The summed E-state index contributed by atoms with van der Waals surface area (Å²) in [6, 6.07) is 11.1. The molecule has 0 aliphatic rings.